The van der Waals surface area contributed by atoms with Crippen LogP contribution in [-0.2, 0) is 0 Å². The van der Waals surface area contributed by atoms with Crippen molar-refractivity contribution in [1.82, 2.24) is 4.98 Å². The first kappa shape index (κ1) is 19.4. The van der Waals surface area contributed by atoms with E-state index in [9.17, 15) is 9.90 Å². The van der Waals surface area contributed by atoms with E-state index in [0.29, 0.717) is 10.9 Å². The molecule has 0 aliphatic carbocycles. The molecule has 0 aliphatic heterocycles. The molecule has 0 spiro atoms. The van der Waals surface area contributed by atoms with Gasteiger partial charge in [0, 0.05) is 49.0 Å². The number of aromatic hydroxyl groups is 1. The molecule has 1 atom stereocenters. The monoisotopic (exact) mass is 350 g/mol. The van der Waals surface area contributed by atoms with E-state index in [-0.39, 0.29) is 17.5 Å². The minimum Gasteiger partial charge on any atom is -0.507 e. The molecular weight excluding hydrogens is 324 g/mol. The predicted octanol–water partition coefficient (Wildman–Crippen LogP) is 4.92. The molecule has 0 fully saturated rings. The number of fused-ring (bicyclic) bond motifs is 1. The molecule has 0 saturated carbocycles. The van der Waals surface area contributed by atoms with Crippen molar-refractivity contribution >= 4 is 22.2 Å². The van der Waals surface area contributed by atoms with Crippen molar-refractivity contribution in [3.63, 3.8) is 0 Å². The van der Waals surface area contributed by atoms with Crippen LogP contribution in [0.25, 0.3) is 10.8 Å². The van der Waals surface area contributed by atoms with Gasteiger partial charge < -0.3 is 10.0 Å². The number of anilines is 1. The summed E-state index contributed by atoms with van der Waals surface area (Å²) in [5.41, 5.74) is 1.81. The van der Waals surface area contributed by atoms with Crippen LogP contribution in [-0.4, -0.2) is 30.0 Å². The van der Waals surface area contributed by atoms with E-state index in [4.69, 9.17) is 0 Å². The molecule has 1 heterocycles. The predicted molar refractivity (Wildman–Crippen MR) is 108 cm³/mol. The Morgan fingerprint density at radius 1 is 1.08 bits per heavy atom. The van der Waals surface area contributed by atoms with E-state index in [0.717, 1.165) is 11.8 Å². The lowest BCUT2D eigenvalue weighted by Gasteiger charge is -2.11. The molecule has 4 nitrogen and oxygen atoms in total. The fourth-order valence-electron chi connectivity index (χ4n) is 2.62. The van der Waals surface area contributed by atoms with Crippen molar-refractivity contribution in [3.8, 4) is 5.75 Å². The molecular formula is C22H26N2O2. The summed E-state index contributed by atoms with van der Waals surface area (Å²) >= 11 is 0. The molecule has 2 aromatic carbocycles. The Morgan fingerprint density at radius 2 is 1.69 bits per heavy atom. The van der Waals surface area contributed by atoms with Gasteiger partial charge in [0.1, 0.15) is 5.75 Å². The number of ketones is 1. The molecule has 4 heteroatoms. The zero-order chi connectivity index (χ0) is 19.1. The summed E-state index contributed by atoms with van der Waals surface area (Å²) in [6, 6.07) is 14.8. The zero-order valence-electron chi connectivity index (χ0n) is 15.8. The third-order valence-corrected chi connectivity index (χ3v) is 4.39. The summed E-state index contributed by atoms with van der Waals surface area (Å²) in [6.45, 7) is 3.91. The van der Waals surface area contributed by atoms with Crippen LogP contribution in [0.2, 0.25) is 0 Å². The fraction of sp³-hybridized carbons (Fsp3) is 0.273. The molecule has 26 heavy (non-hydrogen) atoms. The molecule has 1 aromatic heterocycles. The second kappa shape index (κ2) is 8.99. The van der Waals surface area contributed by atoms with Crippen molar-refractivity contribution in [3.05, 3.63) is 66.5 Å². The summed E-state index contributed by atoms with van der Waals surface area (Å²) in [5, 5.41) is 11.5. The van der Waals surface area contributed by atoms with E-state index in [2.05, 4.69) is 4.98 Å². The van der Waals surface area contributed by atoms with E-state index in [1.54, 1.807) is 30.6 Å². The first-order chi connectivity index (χ1) is 12.5. The number of rotatable bonds is 4. The van der Waals surface area contributed by atoms with Gasteiger partial charge in [-0.05, 0) is 30.0 Å². The van der Waals surface area contributed by atoms with E-state index in [1.165, 1.54) is 5.69 Å². The Morgan fingerprint density at radius 3 is 2.23 bits per heavy atom. The number of hydrogen-bond acceptors (Lipinski definition) is 4. The van der Waals surface area contributed by atoms with Crippen molar-refractivity contribution in [2.75, 3.05) is 19.0 Å². The minimum absolute atomic E-state index is 0.0137. The van der Waals surface area contributed by atoms with Crippen LogP contribution in [0.3, 0.4) is 0 Å². The largest absolute Gasteiger partial charge is 0.507 e. The van der Waals surface area contributed by atoms with Gasteiger partial charge in [-0.3, -0.25) is 9.78 Å². The number of Topliss-reactive ketones (excluding diaryl/α,β-unsaturated/α-hetero) is 1. The van der Waals surface area contributed by atoms with E-state index in [1.807, 2.05) is 63.2 Å². The Hall–Kier alpha value is -2.88. The molecule has 0 aliphatic rings. The highest BCUT2D eigenvalue weighted by Crippen LogP contribution is 2.29. The van der Waals surface area contributed by atoms with Gasteiger partial charge in [0.25, 0.3) is 0 Å². The summed E-state index contributed by atoms with van der Waals surface area (Å²) in [7, 11) is 4.02. The van der Waals surface area contributed by atoms with Gasteiger partial charge in [-0.2, -0.15) is 0 Å². The molecule has 1 N–H and O–H groups in total. The normalized spacial score (nSPS) is 11.4. The Balaban J connectivity index is 0.000000228. The zero-order valence-corrected chi connectivity index (χ0v) is 15.8. The van der Waals surface area contributed by atoms with Crippen LogP contribution in [0.1, 0.15) is 30.6 Å². The Kier molecular flexibility index (Phi) is 6.73. The highest BCUT2D eigenvalue weighted by molar-refractivity contribution is 6.10. The highest BCUT2D eigenvalue weighted by atomic mass is 16.3. The number of hydrogen-bond donors (Lipinski definition) is 1. The quantitative estimate of drug-likeness (QED) is 0.679. The molecule has 3 rings (SSSR count). The van der Waals surface area contributed by atoms with Crippen LogP contribution in [0.5, 0.6) is 5.75 Å². The summed E-state index contributed by atoms with van der Waals surface area (Å²) in [4.78, 5) is 18.2. The lowest BCUT2D eigenvalue weighted by molar-refractivity contribution is 0.0928. The first-order valence-corrected chi connectivity index (χ1v) is 8.78. The molecule has 0 amide bonds. The molecule has 0 bridgehead atoms. The van der Waals surface area contributed by atoms with Gasteiger partial charge in [0.2, 0.25) is 0 Å². The topological polar surface area (TPSA) is 53.4 Å². The Bertz CT molecular complexity index is 855. The van der Waals surface area contributed by atoms with Gasteiger partial charge in [-0.15, -0.1) is 0 Å². The van der Waals surface area contributed by atoms with Gasteiger partial charge in [0.15, 0.2) is 5.78 Å². The number of aromatic nitrogens is 1. The molecule has 0 radical (unpaired) electrons. The SMILES string of the molecule is CC[C@@H](C)C(=O)c1cccc2cccc(O)c12.CN(C)c1ccncc1. The highest BCUT2D eigenvalue weighted by Gasteiger charge is 2.17. The van der Waals surface area contributed by atoms with Crippen LogP contribution >= 0.6 is 0 Å². The number of carbonyl (C=O) groups excluding carboxylic acids is 1. The van der Waals surface area contributed by atoms with Crippen LogP contribution in [0, 0.1) is 5.92 Å². The van der Waals surface area contributed by atoms with Gasteiger partial charge >= 0.3 is 0 Å². The van der Waals surface area contributed by atoms with Crippen LogP contribution in [0.15, 0.2) is 60.9 Å². The van der Waals surface area contributed by atoms with Crippen molar-refractivity contribution in [1.29, 1.82) is 0 Å². The molecule has 3 aromatic rings. The van der Waals surface area contributed by atoms with Crippen molar-refractivity contribution < 1.29 is 9.90 Å². The lowest BCUT2D eigenvalue weighted by Crippen LogP contribution is -2.10. The first-order valence-electron chi connectivity index (χ1n) is 8.78. The lowest BCUT2D eigenvalue weighted by atomic mass is 9.93. The van der Waals surface area contributed by atoms with Crippen LogP contribution < -0.4 is 4.90 Å². The minimum atomic E-state index is -0.0137. The average Bonchev–Trinajstić information content (AvgIpc) is 2.67. The number of nitrogens with zero attached hydrogens (tertiary/aromatic N) is 2. The van der Waals surface area contributed by atoms with E-state index >= 15 is 0 Å². The van der Waals surface area contributed by atoms with Gasteiger partial charge in [-0.1, -0.05) is 44.2 Å². The second-order valence-corrected chi connectivity index (χ2v) is 6.45. The maximum atomic E-state index is 12.2. The average molecular weight is 350 g/mol. The van der Waals surface area contributed by atoms with Crippen molar-refractivity contribution in [2.45, 2.75) is 20.3 Å². The van der Waals surface area contributed by atoms with Gasteiger partial charge in [0.05, 0.1) is 0 Å². The summed E-state index contributed by atoms with van der Waals surface area (Å²) in [5.74, 6) is 0.259. The number of phenolic OH excluding ortho intramolecular Hbond substituents is 1. The Labute approximate surface area is 155 Å². The molecule has 0 saturated heterocycles. The fourth-order valence-corrected chi connectivity index (χ4v) is 2.62. The van der Waals surface area contributed by atoms with Crippen molar-refractivity contribution in [2.24, 2.45) is 5.92 Å². The smallest absolute Gasteiger partial charge is 0.166 e. The second-order valence-electron chi connectivity index (χ2n) is 6.45. The molecule has 0 unspecified atom stereocenters. The maximum Gasteiger partial charge on any atom is 0.166 e. The maximum absolute atomic E-state index is 12.2. The third kappa shape index (κ3) is 4.60. The number of benzene rings is 2. The summed E-state index contributed by atoms with van der Waals surface area (Å²) < 4.78 is 0. The molecule has 136 valence electrons. The summed E-state index contributed by atoms with van der Waals surface area (Å²) in [6.07, 6.45) is 4.38. The number of phenols is 1. The number of pyridine rings is 1. The van der Waals surface area contributed by atoms with Gasteiger partial charge in [-0.25, -0.2) is 0 Å². The third-order valence-electron chi connectivity index (χ3n) is 4.39. The van der Waals surface area contributed by atoms with Crippen LogP contribution in [0.4, 0.5) is 5.69 Å². The number of carbonyl (C=O) groups is 1. The van der Waals surface area contributed by atoms with E-state index < -0.39 is 0 Å². The standard InChI is InChI=1S/C15H16O2.C7H10N2/c1-3-10(2)15(17)12-8-4-6-11-7-5-9-13(16)14(11)12;1-9(2)7-3-5-8-6-4-7/h4-10,16H,3H2,1-2H3;3-6H,1-2H3/t10-;/m1./s1.